The van der Waals surface area contributed by atoms with Crippen LogP contribution in [0.3, 0.4) is 0 Å². The molecule has 0 spiro atoms. The van der Waals surface area contributed by atoms with Crippen molar-refractivity contribution in [3.63, 3.8) is 0 Å². The first kappa shape index (κ1) is 67.7. The van der Waals surface area contributed by atoms with Gasteiger partial charge in [0.05, 0.1) is 49.3 Å². The van der Waals surface area contributed by atoms with Crippen LogP contribution in [-0.2, 0) is 66.7 Å². The predicted octanol–water partition coefficient (Wildman–Crippen LogP) is -2.68. The van der Waals surface area contributed by atoms with Crippen molar-refractivity contribution in [3.8, 4) is 0 Å². The summed E-state index contributed by atoms with van der Waals surface area (Å²) < 4.78 is 100. The van der Waals surface area contributed by atoms with Crippen molar-refractivity contribution in [2.24, 2.45) is 40.4 Å². The van der Waals surface area contributed by atoms with Gasteiger partial charge in [0.1, 0.15) is 103 Å². The minimum Gasteiger partial charge on any atom is -0.394 e. The molecule has 28 nitrogen and oxygen atoms in total. The number of carbonyl (C=O) groups excluding carboxylic acids is 1. The van der Waals surface area contributed by atoms with Crippen LogP contribution in [0.25, 0.3) is 0 Å². The van der Waals surface area contributed by atoms with Crippen molar-refractivity contribution in [3.05, 3.63) is 11.6 Å². The number of hydrogen-bond acceptors (Lipinski definition) is 27. The van der Waals surface area contributed by atoms with Gasteiger partial charge in [0.15, 0.2) is 31.5 Å². The summed E-state index contributed by atoms with van der Waals surface area (Å²) in [6.45, 7) is 12.6. The average Bonchev–Trinajstić information content (AvgIpc) is 1.71. The van der Waals surface area contributed by atoms with Gasteiger partial charge < -0.3 is 114 Å². The molecule has 8 fully saturated rings. The molecule has 9 aliphatic rings. The molecule has 29 heteroatoms. The third-order valence-electron chi connectivity index (χ3n) is 20.3. The fourth-order valence-corrected chi connectivity index (χ4v) is 16.3. The van der Waals surface area contributed by atoms with E-state index in [4.69, 9.17) is 51.6 Å². The summed E-state index contributed by atoms with van der Waals surface area (Å²) in [6, 6.07) is 0. The SMILES string of the molecule is CC(C)CC(=O)C[C@](C)(O)[C@H]1CC[C@H]2[C@@H]3C[C@H](O[C@@H]4O[C@H](C)[C@@H](O)[C@H](O[C@@H]5OC[C@@H](O[C@@H]6O[C@H](CO)[C@H](O)[C@H](O)[C@H]6O[C@@H]6O[C@H](C)[C@@H](O)[C@H](O)[C@H]6O)[C@H](O)[C@H]5O[C@@H]5O[C@H](C)[C@@H](O)[C@H](O)[C@H]5O)[C@H]4O)[C@H]4C[C@@H](OS(=O)(=O)O)CC[C@]4(C)C3=CC[C@@]21C. The fraction of sp³-hybridized carbons (Fsp3) is 0.946. The molecule has 5 saturated heterocycles. The van der Waals surface area contributed by atoms with E-state index in [0.717, 1.165) is 12.0 Å². The molecule has 33 atom stereocenters. The molecular formula is C56H92O28S. The molecule has 0 aromatic carbocycles. The second kappa shape index (κ2) is 26.2. The lowest BCUT2D eigenvalue weighted by Gasteiger charge is -2.60. The van der Waals surface area contributed by atoms with E-state index in [1.54, 1.807) is 6.92 Å². The number of rotatable bonds is 18. The number of ether oxygens (including phenoxy) is 10. The minimum absolute atomic E-state index is 0.00462. The molecule has 0 aromatic heterocycles. The Bertz CT molecular complexity index is 2420. The number of hydrogen-bond donors (Lipinski definition) is 14. The van der Waals surface area contributed by atoms with Gasteiger partial charge in [0, 0.05) is 12.8 Å². The smallest absolute Gasteiger partial charge is 0.394 e. The molecule has 85 heavy (non-hydrogen) atoms. The van der Waals surface area contributed by atoms with Gasteiger partial charge in [-0.3, -0.25) is 9.35 Å². The highest BCUT2D eigenvalue weighted by Crippen LogP contribution is 2.67. The highest BCUT2D eigenvalue weighted by molar-refractivity contribution is 7.80. The van der Waals surface area contributed by atoms with Crippen molar-refractivity contribution in [2.75, 3.05) is 13.2 Å². The summed E-state index contributed by atoms with van der Waals surface area (Å²) in [6.07, 6.45) is -37.1. The molecule has 0 amide bonds. The van der Waals surface area contributed by atoms with E-state index in [2.05, 4.69) is 19.9 Å². The lowest BCUT2D eigenvalue weighted by molar-refractivity contribution is -0.398. The lowest BCUT2D eigenvalue weighted by atomic mass is 9.47. The Morgan fingerprint density at radius 1 is 0.647 bits per heavy atom. The Morgan fingerprint density at radius 2 is 1.20 bits per heavy atom. The van der Waals surface area contributed by atoms with E-state index in [-0.39, 0.29) is 48.7 Å². The summed E-state index contributed by atoms with van der Waals surface area (Å²) in [7, 11) is -4.88. The first-order chi connectivity index (χ1) is 39.7. The molecular weight excluding hydrogens is 1150 g/mol. The van der Waals surface area contributed by atoms with E-state index in [1.165, 1.54) is 20.8 Å². The summed E-state index contributed by atoms with van der Waals surface area (Å²) in [5.74, 6) is -0.799. The van der Waals surface area contributed by atoms with E-state index < -0.39 is 206 Å². The van der Waals surface area contributed by atoms with Crippen LogP contribution in [0.5, 0.6) is 0 Å². The van der Waals surface area contributed by atoms with Crippen LogP contribution in [0, 0.1) is 40.4 Å². The summed E-state index contributed by atoms with van der Waals surface area (Å²) in [5.41, 5.74) is -1.26. The van der Waals surface area contributed by atoms with Crippen LogP contribution in [0.2, 0.25) is 0 Å². The van der Waals surface area contributed by atoms with E-state index >= 15 is 0 Å². The van der Waals surface area contributed by atoms with Gasteiger partial charge in [0.25, 0.3) is 0 Å². The molecule has 3 saturated carbocycles. The second-order valence-electron chi connectivity index (χ2n) is 26.7. The molecule has 0 aromatic rings. The fourth-order valence-electron chi connectivity index (χ4n) is 15.8. The monoisotopic (exact) mass is 1240 g/mol. The molecule has 0 unspecified atom stereocenters. The van der Waals surface area contributed by atoms with Crippen LogP contribution < -0.4 is 0 Å². The Hall–Kier alpha value is -1.64. The maximum Gasteiger partial charge on any atom is 0.397 e. The molecule has 14 N–H and O–H groups in total. The molecule has 4 aliphatic carbocycles. The maximum atomic E-state index is 13.2. The average molecular weight is 1250 g/mol. The highest BCUT2D eigenvalue weighted by Gasteiger charge is 2.64. The first-order valence-corrected chi connectivity index (χ1v) is 31.3. The zero-order valence-corrected chi connectivity index (χ0v) is 50.0. The molecule has 5 heterocycles. The Balaban J connectivity index is 0.982. The number of allylic oxidation sites excluding steroid dienone is 2. The highest BCUT2D eigenvalue weighted by atomic mass is 32.3. The number of aliphatic hydroxyl groups is 13. The summed E-state index contributed by atoms with van der Waals surface area (Å²) >= 11 is 0. The van der Waals surface area contributed by atoms with Gasteiger partial charge in [-0.25, -0.2) is 4.18 Å². The zero-order valence-electron chi connectivity index (χ0n) is 49.1. The summed E-state index contributed by atoms with van der Waals surface area (Å²) in [4.78, 5) is 13.2. The maximum absolute atomic E-state index is 13.2. The van der Waals surface area contributed by atoms with E-state index in [1.807, 2.05) is 13.8 Å². The van der Waals surface area contributed by atoms with Gasteiger partial charge in [-0.05, 0) is 113 Å². The van der Waals surface area contributed by atoms with Crippen LogP contribution in [0.15, 0.2) is 11.6 Å². The predicted molar refractivity (Wildman–Crippen MR) is 286 cm³/mol. The van der Waals surface area contributed by atoms with E-state index in [9.17, 15) is 84.1 Å². The van der Waals surface area contributed by atoms with Crippen molar-refractivity contribution >= 4 is 16.2 Å². The van der Waals surface area contributed by atoms with E-state index in [0.29, 0.717) is 32.1 Å². The lowest BCUT2D eigenvalue weighted by Crippen LogP contribution is -2.67. The Kier molecular flexibility index (Phi) is 20.8. The minimum atomic E-state index is -4.88. The number of carbonyl (C=O) groups is 1. The normalized spacial score (nSPS) is 51.3. The second-order valence-corrected chi connectivity index (χ2v) is 27.7. The van der Waals surface area contributed by atoms with Gasteiger partial charge in [-0.1, -0.05) is 39.3 Å². The van der Waals surface area contributed by atoms with Gasteiger partial charge >= 0.3 is 10.4 Å². The quantitative estimate of drug-likeness (QED) is 0.0491. The first-order valence-electron chi connectivity index (χ1n) is 29.9. The van der Waals surface area contributed by atoms with Crippen molar-refractivity contribution in [1.82, 2.24) is 0 Å². The number of Topliss-reactive ketones (excluding diaryl/α,β-unsaturated/α-hetero) is 1. The Morgan fingerprint density at radius 3 is 1.78 bits per heavy atom. The van der Waals surface area contributed by atoms with Gasteiger partial charge in [-0.15, -0.1) is 0 Å². The molecule has 5 aliphatic heterocycles. The Labute approximate surface area is 494 Å². The summed E-state index contributed by atoms with van der Waals surface area (Å²) in [5, 5.41) is 145. The number of ketones is 1. The topological polar surface area (TPSA) is 436 Å². The number of fused-ring (bicyclic) bond motifs is 5. The van der Waals surface area contributed by atoms with Gasteiger partial charge in [-0.2, -0.15) is 8.42 Å². The standard InChI is InChI=1S/C56H92O28S/c1-21(2)15-25(58)18-56(8,70)34-10-9-28-27-17-31(30-16-26(84-85(71,72)73)11-13-54(30,6)29(27)12-14-55(28,34)7)78-51-45(69)46(37(61)24(5)77-51)81-52-47(82-49-43(67)40(64)35(59)22(3)75-49)39(63)33(20-74-52)80-53-48(42(66)38(62)32(19-57)79-53)83-50-44(68)41(65)36(60)23(4)76-50/h12,21-24,26-28,30-53,57,59-70H,9-11,13-20H2,1-8H3,(H,71,72,73)/t22-,23-,24-,26+,27+,28+,30-,31+,32-,33-,34+,35-,36-,37-,38+,39+,40+,41+,42+,43-,44-,45-,46+,47-,48-,49+,50+,51+,52+,53+,54-,55+,56+/m1/s1. The van der Waals surface area contributed by atoms with Crippen molar-refractivity contribution in [1.29, 1.82) is 0 Å². The van der Waals surface area contributed by atoms with Crippen LogP contribution in [0.1, 0.15) is 113 Å². The van der Waals surface area contributed by atoms with Crippen LogP contribution >= 0.6 is 0 Å². The van der Waals surface area contributed by atoms with Crippen molar-refractivity contribution in [2.45, 2.75) is 278 Å². The largest absolute Gasteiger partial charge is 0.397 e. The third kappa shape index (κ3) is 13.5. The molecule has 0 radical (unpaired) electrons. The van der Waals surface area contributed by atoms with Crippen LogP contribution in [0.4, 0.5) is 0 Å². The van der Waals surface area contributed by atoms with Crippen LogP contribution in [-0.4, -0.2) is 264 Å². The third-order valence-corrected chi connectivity index (χ3v) is 20.8. The molecule has 0 bridgehead atoms. The molecule has 9 rings (SSSR count). The van der Waals surface area contributed by atoms with Crippen molar-refractivity contribution < 1.29 is 136 Å². The molecule has 490 valence electrons. The van der Waals surface area contributed by atoms with Gasteiger partial charge in [0.2, 0.25) is 0 Å². The zero-order chi connectivity index (χ0) is 62.3. The number of aliphatic hydroxyl groups excluding tert-OH is 12.